The molecule has 23 heavy (non-hydrogen) atoms. The van der Waals surface area contributed by atoms with Gasteiger partial charge in [0.2, 0.25) is 0 Å². The second kappa shape index (κ2) is 7.95. The second-order valence-corrected chi connectivity index (χ2v) is 6.45. The van der Waals surface area contributed by atoms with Crippen molar-refractivity contribution in [2.24, 2.45) is 5.92 Å². The fourth-order valence-corrected chi connectivity index (χ4v) is 3.01. The molecule has 0 bridgehead atoms. The van der Waals surface area contributed by atoms with Crippen LogP contribution in [0.2, 0.25) is 0 Å². The molecule has 1 aromatic heterocycles. The molecule has 1 N–H and O–H groups in total. The van der Waals surface area contributed by atoms with Gasteiger partial charge < -0.3 is 10.2 Å². The lowest BCUT2D eigenvalue weighted by Gasteiger charge is -2.31. The minimum atomic E-state index is 0.837. The van der Waals surface area contributed by atoms with Crippen molar-refractivity contribution in [2.75, 3.05) is 29.9 Å². The van der Waals surface area contributed by atoms with Crippen molar-refractivity contribution in [3.8, 4) is 0 Å². The lowest BCUT2D eigenvalue weighted by atomic mass is 9.99. The predicted octanol–water partition coefficient (Wildman–Crippen LogP) is 3.76. The minimum Gasteiger partial charge on any atom is -0.370 e. The van der Waals surface area contributed by atoms with E-state index in [0.29, 0.717) is 0 Å². The molecule has 4 heteroatoms. The molecular weight excluding hydrogens is 284 g/mol. The summed E-state index contributed by atoms with van der Waals surface area (Å²) in [5.41, 5.74) is 1.39. The van der Waals surface area contributed by atoms with Gasteiger partial charge in [-0.2, -0.15) is 0 Å². The van der Waals surface area contributed by atoms with Crippen molar-refractivity contribution >= 4 is 11.6 Å². The third-order valence-corrected chi connectivity index (χ3v) is 4.55. The Morgan fingerprint density at radius 1 is 1.13 bits per heavy atom. The average molecular weight is 310 g/mol. The van der Waals surface area contributed by atoms with Gasteiger partial charge in [-0.1, -0.05) is 37.3 Å². The van der Waals surface area contributed by atoms with E-state index in [9.17, 15) is 0 Å². The normalized spacial score (nSPS) is 15.6. The number of benzene rings is 1. The molecule has 0 saturated carbocycles. The van der Waals surface area contributed by atoms with Crippen LogP contribution < -0.4 is 10.2 Å². The first-order valence-corrected chi connectivity index (χ1v) is 8.66. The van der Waals surface area contributed by atoms with Gasteiger partial charge in [0.25, 0.3) is 0 Å². The highest BCUT2D eigenvalue weighted by Gasteiger charge is 2.17. The summed E-state index contributed by atoms with van der Waals surface area (Å²) in [6.45, 7) is 5.47. The Kier molecular flexibility index (Phi) is 5.46. The first-order valence-electron chi connectivity index (χ1n) is 8.66. The molecule has 0 spiro atoms. The second-order valence-electron chi connectivity index (χ2n) is 6.45. The molecule has 2 aromatic rings. The van der Waals surface area contributed by atoms with E-state index in [-0.39, 0.29) is 0 Å². The Morgan fingerprint density at radius 2 is 1.91 bits per heavy atom. The molecular formula is C19H26N4. The van der Waals surface area contributed by atoms with E-state index in [0.717, 1.165) is 50.0 Å². The van der Waals surface area contributed by atoms with Crippen LogP contribution in [0.5, 0.6) is 0 Å². The minimum absolute atomic E-state index is 0.837. The lowest BCUT2D eigenvalue weighted by Crippen LogP contribution is -2.33. The van der Waals surface area contributed by atoms with E-state index >= 15 is 0 Å². The molecule has 0 aliphatic carbocycles. The maximum Gasteiger partial charge on any atom is 0.134 e. The highest BCUT2D eigenvalue weighted by Crippen LogP contribution is 2.22. The van der Waals surface area contributed by atoms with E-state index in [4.69, 9.17) is 0 Å². The lowest BCUT2D eigenvalue weighted by molar-refractivity contribution is 0.436. The molecule has 3 rings (SSSR count). The molecule has 0 radical (unpaired) electrons. The Hall–Kier alpha value is -2.10. The molecule has 1 aliphatic heterocycles. The summed E-state index contributed by atoms with van der Waals surface area (Å²) in [6, 6.07) is 12.7. The van der Waals surface area contributed by atoms with Gasteiger partial charge in [0.1, 0.15) is 18.0 Å². The number of nitrogens with one attached hydrogen (secondary N) is 1. The van der Waals surface area contributed by atoms with Gasteiger partial charge in [-0.25, -0.2) is 9.97 Å². The molecule has 1 aromatic carbocycles. The fraction of sp³-hybridized carbons (Fsp3) is 0.474. The zero-order valence-corrected chi connectivity index (χ0v) is 13.9. The maximum absolute atomic E-state index is 4.44. The summed E-state index contributed by atoms with van der Waals surface area (Å²) in [6.07, 6.45) is 6.38. The highest BCUT2D eigenvalue weighted by atomic mass is 15.2. The van der Waals surface area contributed by atoms with Crippen LogP contribution in [0.25, 0.3) is 0 Å². The van der Waals surface area contributed by atoms with Gasteiger partial charge in [0.05, 0.1) is 0 Å². The first kappa shape index (κ1) is 15.8. The van der Waals surface area contributed by atoms with Crippen molar-refractivity contribution < 1.29 is 0 Å². The van der Waals surface area contributed by atoms with Crippen LogP contribution in [-0.2, 0) is 6.42 Å². The Bertz CT molecular complexity index is 591. The van der Waals surface area contributed by atoms with Crippen molar-refractivity contribution in [1.82, 2.24) is 9.97 Å². The SMILES string of the molecule is CC1CCN(c2cc(NCCCc3ccccc3)ncn2)CC1. The van der Waals surface area contributed by atoms with Crippen molar-refractivity contribution in [2.45, 2.75) is 32.6 Å². The Balaban J connectivity index is 1.48. The van der Waals surface area contributed by atoms with Gasteiger partial charge in [0, 0.05) is 25.7 Å². The number of rotatable bonds is 6. The number of hydrogen-bond donors (Lipinski definition) is 1. The third kappa shape index (κ3) is 4.68. The summed E-state index contributed by atoms with van der Waals surface area (Å²) in [7, 11) is 0. The molecule has 1 fully saturated rings. The van der Waals surface area contributed by atoms with Gasteiger partial charge in [-0.3, -0.25) is 0 Å². The first-order chi connectivity index (χ1) is 11.3. The molecule has 0 atom stereocenters. The van der Waals surface area contributed by atoms with E-state index in [1.54, 1.807) is 6.33 Å². The van der Waals surface area contributed by atoms with Gasteiger partial charge in [0.15, 0.2) is 0 Å². The molecule has 122 valence electrons. The zero-order valence-electron chi connectivity index (χ0n) is 13.9. The zero-order chi connectivity index (χ0) is 15.9. The topological polar surface area (TPSA) is 41.0 Å². The van der Waals surface area contributed by atoms with Crippen LogP contribution >= 0.6 is 0 Å². The van der Waals surface area contributed by atoms with Crippen LogP contribution in [0.3, 0.4) is 0 Å². The molecule has 0 unspecified atom stereocenters. The van der Waals surface area contributed by atoms with Gasteiger partial charge >= 0.3 is 0 Å². The van der Waals surface area contributed by atoms with Crippen molar-refractivity contribution in [1.29, 1.82) is 0 Å². The number of hydrogen-bond acceptors (Lipinski definition) is 4. The number of anilines is 2. The molecule has 0 amide bonds. The standard InChI is InChI=1S/C19H26N4/c1-16-9-12-23(13-10-16)19-14-18(21-15-22-19)20-11-5-8-17-6-3-2-4-7-17/h2-4,6-7,14-16H,5,8-13H2,1H3,(H,20,21,22). The number of aryl methyl sites for hydroxylation is 1. The van der Waals surface area contributed by atoms with Gasteiger partial charge in [-0.15, -0.1) is 0 Å². The summed E-state index contributed by atoms with van der Waals surface area (Å²) < 4.78 is 0. The summed E-state index contributed by atoms with van der Waals surface area (Å²) in [5.74, 6) is 2.82. The van der Waals surface area contributed by atoms with E-state index < -0.39 is 0 Å². The van der Waals surface area contributed by atoms with E-state index in [1.807, 2.05) is 0 Å². The van der Waals surface area contributed by atoms with Crippen LogP contribution in [0.1, 0.15) is 31.7 Å². The smallest absolute Gasteiger partial charge is 0.134 e. The quantitative estimate of drug-likeness (QED) is 0.825. The highest BCUT2D eigenvalue weighted by molar-refractivity contribution is 5.48. The molecule has 2 heterocycles. The third-order valence-electron chi connectivity index (χ3n) is 4.55. The number of nitrogens with zero attached hydrogens (tertiary/aromatic N) is 3. The summed E-state index contributed by atoms with van der Waals surface area (Å²) in [4.78, 5) is 11.2. The van der Waals surface area contributed by atoms with Crippen LogP contribution in [0, 0.1) is 5.92 Å². The monoisotopic (exact) mass is 310 g/mol. The molecule has 4 nitrogen and oxygen atoms in total. The van der Waals surface area contributed by atoms with Crippen molar-refractivity contribution in [3.63, 3.8) is 0 Å². The average Bonchev–Trinajstić information content (AvgIpc) is 2.61. The van der Waals surface area contributed by atoms with Crippen LogP contribution in [0.4, 0.5) is 11.6 Å². The largest absolute Gasteiger partial charge is 0.370 e. The van der Waals surface area contributed by atoms with Crippen LogP contribution in [-0.4, -0.2) is 29.6 Å². The Morgan fingerprint density at radius 3 is 2.70 bits per heavy atom. The van der Waals surface area contributed by atoms with E-state index in [1.165, 1.54) is 18.4 Å². The number of piperidine rings is 1. The number of aromatic nitrogens is 2. The van der Waals surface area contributed by atoms with Crippen LogP contribution in [0.15, 0.2) is 42.7 Å². The summed E-state index contributed by atoms with van der Waals surface area (Å²) in [5, 5.41) is 3.43. The Labute approximate surface area is 139 Å². The molecule has 1 aliphatic rings. The van der Waals surface area contributed by atoms with E-state index in [2.05, 4.69) is 63.5 Å². The molecule has 1 saturated heterocycles. The summed E-state index contributed by atoms with van der Waals surface area (Å²) >= 11 is 0. The maximum atomic E-state index is 4.44. The van der Waals surface area contributed by atoms with Crippen molar-refractivity contribution in [3.05, 3.63) is 48.3 Å². The fourth-order valence-electron chi connectivity index (χ4n) is 3.01. The van der Waals surface area contributed by atoms with Gasteiger partial charge in [-0.05, 0) is 37.2 Å². The predicted molar refractivity (Wildman–Crippen MR) is 95.9 cm³/mol.